The van der Waals surface area contributed by atoms with Crippen LogP contribution >= 0.6 is 11.5 Å². The van der Waals surface area contributed by atoms with Crippen molar-refractivity contribution in [2.24, 2.45) is 17.8 Å². The summed E-state index contributed by atoms with van der Waals surface area (Å²) in [6, 6.07) is 0. The molecule has 1 aromatic heterocycles. The van der Waals surface area contributed by atoms with Gasteiger partial charge in [0, 0.05) is 11.5 Å². The van der Waals surface area contributed by atoms with Crippen LogP contribution in [-0.4, -0.2) is 26.3 Å². The minimum atomic E-state index is -0.125. The Morgan fingerprint density at radius 2 is 1.94 bits per heavy atom. The molecule has 1 aliphatic heterocycles. The largest absolute Gasteiger partial charge is 0.388 e. The molecule has 2 atom stereocenters. The van der Waals surface area contributed by atoms with Crippen LogP contribution in [0, 0.1) is 17.8 Å². The van der Waals surface area contributed by atoms with Crippen molar-refractivity contribution in [2.45, 2.75) is 26.3 Å². The summed E-state index contributed by atoms with van der Waals surface area (Å²) >= 11 is 1.08. The molecular weight excluding hydrogens is 252 g/mol. The number of nitrogen functional groups attached to an aromatic ring is 1. The third-order valence-corrected chi connectivity index (χ3v) is 4.45. The molecule has 1 aliphatic carbocycles. The van der Waals surface area contributed by atoms with Crippen LogP contribution in [0.1, 0.15) is 25.5 Å². The Labute approximate surface area is 108 Å². The average Bonchev–Trinajstić information content (AvgIpc) is 2.95. The van der Waals surface area contributed by atoms with Crippen molar-refractivity contribution in [3.05, 3.63) is 5.69 Å². The van der Waals surface area contributed by atoms with Gasteiger partial charge in [0.1, 0.15) is 10.7 Å². The van der Waals surface area contributed by atoms with Gasteiger partial charge in [-0.2, -0.15) is 0 Å². The number of likely N-dealkylation sites (tertiary alicyclic amines) is 1. The van der Waals surface area contributed by atoms with Crippen molar-refractivity contribution in [2.75, 3.05) is 5.73 Å². The highest BCUT2D eigenvalue weighted by Crippen LogP contribution is 2.43. The lowest BCUT2D eigenvalue weighted by atomic mass is 10.00. The van der Waals surface area contributed by atoms with E-state index in [4.69, 9.17) is 5.73 Å². The number of nitrogens with zero attached hydrogens (tertiary/aromatic N) is 3. The molecule has 18 heavy (non-hydrogen) atoms. The third-order valence-electron chi connectivity index (χ3n) is 3.86. The van der Waals surface area contributed by atoms with Crippen LogP contribution in [-0.2, 0) is 16.1 Å². The van der Waals surface area contributed by atoms with Gasteiger partial charge in [0.05, 0.1) is 18.4 Å². The number of carbonyl (C=O) groups is 2. The van der Waals surface area contributed by atoms with E-state index in [1.807, 2.05) is 0 Å². The number of amides is 2. The van der Waals surface area contributed by atoms with E-state index in [2.05, 4.69) is 16.5 Å². The van der Waals surface area contributed by atoms with Crippen LogP contribution in [0.4, 0.5) is 5.00 Å². The maximum atomic E-state index is 12.2. The van der Waals surface area contributed by atoms with Gasteiger partial charge in [0.15, 0.2) is 0 Å². The number of anilines is 1. The molecule has 96 valence electrons. The molecule has 0 aromatic carbocycles. The summed E-state index contributed by atoms with van der Waals surface area (Å²) in [6.45, 7) is 2.26. The summed E-state index contributed by atoms with van der Waals surface area (Å²) in [7, 11) is 0. The number of nitrogens with two attached hydrogens (primary N) is 1. The molecule has 2 unspecified atom stereocenters. The molecule has 2 N–H and O–H groups in total. The molecule has 1 aromatic rings. The van der Waals surface area contributed by atoms with E-state index in [0.717, 1.165) is 24.4 Å². The second-order valence-electron chi connectivity index (χ2n) is 5.14. The molecule has 2 fully saturated rings. The molecule has 1 saturated carbocycles. The second kappa shape index (κ2) is 4.01. The summed E-state index contributed by atoms with van der Waals surface area (Å²) in [5.74, 6) is 0.0743. The van der Waals surface area contributed by atoms with Crippen LogP contribution in [0.5, 0.6) is 0 Å². The van der Waals surface area contributed by atoms with Gasteiger partial charge in [-0.25, -0.2) is 0 Å². The number of imide groups is 1. The molecule has 7 heteroatoms. The van der Waals surface area contributed by atoms with Crippen LogP contribution < -0.4 is 5.73 Å². The molecule has 3 rings (SSSR count). The molecule has 6 nitrogen and oxygen atoms in total. The molecule has 2 amide bonds. The number of hydrogen-bond acceptors (Lipinski definition) is 6. The predicted molar refractivity (Wildman–Crippen MR) is 65.3 cm³/mol. The van der Waals surface area contributed by atoms with Gasteiger partial charge in [-0.1, -0.05) is 11.4 Å². The molecule has 0 radical (unpaired) electrons. The zero-order valence-corrected chi connectivity index (χ0v) is 10.8. The standard InChI is InChI=1S/C11H14N4O2S/c1-5-2-6-7(3-5)11(17)15(10(6)16)4-8-9(12)18-14-13-8/h5-7H,2-4,12H2,1H3. The molecular formula is C11H14N4O2S. The monoisotopic (exact) mass is 266 g/mol. The highest BCUT2D eigenvalue weighted by molar-refractivity contribution is 7.09. The Morgan fingerprint density at radius 1 is 1.33 bits per heavy atom. The van der Waals surface area contributed by atoms with E-state index >= 15 is 0 Å². The van der Waals surface area contributed by atoms with Crippen molar-refractivity contribution in [1.29, 1.82) is 0 Å². The van der Waals surface area contributed by atoms with Gasteiger partial charge in [0.25, 0.3) is 0 Å². The average molecular weight is 266 g/mol. The molecule has 0 bridgehead atoms. The minimum Gasteiger partial charge on any atom is -0.388 e. The Bertz CT molecular complexity index is 491. The molecule has 2 aliphatic rings. The quantitative estimate of drug-likeness (QED) is 0.794. The SMILES string of the molecule is CC1CC2C(=O)N(Cc3nnsc3N)C(=O)C2C1. The number of fused-ring (bicyclic) bond motifs is 1. The first kappa shape index (κ1) is 11.6. The fourth-order valence-corrected chi connectivity index (χ4v) is 3.42. The number of aromatic nitrogens is 2. The molecule has 2 heterocycles. The maximum absolute atomic E-state index is 12.2. The normalized spacial score (nSPS) is 31.2. The van der Waals surface area contributed by atoms with Crippen LogP contribution in [0.2, 0.25) is 0 Å². The number of rotatable bonds is 2. The molecule has 0 spiro atoms. The van der Waals surface area contributed by atoms with E-state index in [0.29, 0.717) is 16.6 Å². The van der Waals surface area contributed by atoms with Gasteiger partial charge in [0.2, 0.25) is 11.8 Å². The van der Waals surface area contributed by atoms with Crippen molar-refractivity contribution < 1.29 is 9.59 Å². The summed E-state index contributed by atoms with van der Waals surface area (Å²) in [5, 5.41) is 4.33. The van der Waals surface area contributed by atoms with E-state index in [9.17, 15) is 9.59 Å². The van der Waals surface area contributed by atoms with Crippen molar-refractivity contribution in [3.63, 3.8) is 0 Å². The van der Waals surface area contributed by atoms with Crippen LogP contribution in [0.15, 0.2) is 0 Å². The summed E-state index contributed by atoms with van der Waals surface area (Å²) in [4.78, 5) is 25.7. The lowest BCUT2D eigenvalue weighted by Gasteiger charge is -2.15. The third kappa shape index (κ3) is 1.61. The van der Waals surface area contributed by atoms with Gasteiger partial charge in [-0.05, 0) is 18.8 Å². The number of carbonyl (C=O) groups excluding carboxylic acids is 2. The second-order valence-corrected chi connectivity index (χ2v) is 5.92. The van der Waals surface area contributed by atoms with E-state index in [1.54, 1.807) is 0 Å². The van der Waals surface area contributed by atoms with Crippen LogP contribution in [0.25, 0.3) is 0 Å². The van der Waals surface area contributed by atoms with E-state index < -0.39 is 0 Å². The maximum Gasteiger partial charge on any atom is 0.233 e. The highest BCUT2D eigenvalue weighted by Gasteiger charge is 2.51. The Balaban J connectivity index is 1.81. The lowest BCUT2D eigenvalue weighted by molar-refractivity contribution is -0.141. The minimum absolute atomic E-state index is 0.0678. The predicted octanol–water partition coefficient (Wildman–Crippen LogP) is 0.651. The smallest absolute Gasteiger partial charge is 0.233 e. The fraction of sp³-hybridized carbons (Fsp3) is 0.636. The van der Waals surface area contributed by atoms with Gasteiger partial charge < -0.3 is 5.73 Å². The first-order valence-electron chi connectivity index (χ1n) is 6.00. The zero-order valence-electron chi connectivity index (χ0n) is 10.00. The summed E-state index contributed by atoms with van der Waals surface area (Å²) < 4.78 is 3.72. The number of hydrogen-bond donors (Lipinski definition) is 1. The summed E-state index contributed by atoms with van der Waals surface area (Å²) in [6.07, 6.45) is 1.63. The fourth-order valence-electron chi connectivity index (χ4n) is 2.98. The van der Waals surface area contributed by atoms with Gasteiger partial charge >= 0.3 is 0 Å². The first-order valence-corrected chi connectivity index (χ1v) is 6.77. The topological polar surface area (TPSA) is 89.2 Å². The first-order chi connectivity index (χ1) is 8.58. The zero-order chi connectivity index (χ0) is 12.9. The van der Waals surface area contributed by atoms with Crippen molar-refractivity contribution >= 4 is 28.3 Å². The van der Waals surface area contributed by atoms with Gasteiger partial charge in [-0.3, -0.25) is 14.5 Å². The van der Waals surface area contributed by atoms with E-state index in [1.165, 1.54) is 4.90 Å². The highest BCUT2D eigenvalue weighted by atomic mass is 32.1. The van der Waals surface area contributed by atoms with Crippen molar-refractivity contribution in [1.82, 2.24) is 14.5 Å². The van der Waals surface area contributed by atoms with Gasteiger partial charge in [-0.15, -0.1) is 5.10 Å². The summed E-state index contributed by atoms with van der Waals surface area (Å²) in [5.41, 5.74) is 6.21. The van der Waals surface area contributed by atoms with E-state index in [-0.39, 0.29) is 30.2 Å². The Morgan fingerprint density at radius 3 is 2.44 bits per heavy atom. The Hall–Kier alpha value is -1.50. The molecule has 1 saturated heterocycles. The van der Waals surface area contributed by atoms with Crippen LogP contribution in [0.3, 0.4) is 0 Å². The van der Waals surface area contributed by atoms with Crippen molar-refractivity contribution in [3.8, 4) is 0 Å². The Kier molecular flexibility index (Phi) is 2.58. The lowest BCUT2D eigenvalue weighted by Crippen LogP contribution is -2.32.